The van der Waals surface area contributed by atoms with Crippen LogP contribution in [0.1, 0.15) is 38.8 Å². The number of phenols is 2. The van der Waals surface area contributed by atoms with E-state index in [0.29, 0.717) is 39.3 Å². The van der Waals surface area contributed by atoms with Crippen molar-refractivity contribution in [1.82, 2.24) is 9.80 Å². The lowest BCUT2D eigenvalue weighted by atomic mass is 10.1. The van der Waals surface area contributed by atoms with Gasteiger partial charge < -0.3 is 10.2 Å². The molecule has 4 nitrogen and oxygen atoms in total. The van der Waals surface area contributed by atoms with E-state index >= 15 is 0 Å². The molecule has 0 saturated carbocycles. The summed E-state index contributed by atoms with van der Waals surface area (Å²) in [5.74, 6) is 0.109. The van der Waals surface area contributed by atoms with Crippen LogP contribution in [0.5, 0.6) is 11.5 Å². The lowest BCUT2D eigenvalue weighted by molar-refractivity contribution is 0.260. The minimum atomic E-state index is -0.0416. The molecular formula is C20H32Cl4N2O2. The Hall–Kier alpha value is -0.100. The normalized spacial score (nSPS) is 16.4. The predicted molar refractivity (Wildman–Crippen MR) is 122 cm³/mol. The number of nitrogens with zero attached hydrogens (tertiary/aromatic N) is 2. The highest BCUT2D eigenvalue weighted by Crippen LogP contribution is 2.30. The number of hydrogen-bond donors (Lipinski definition) is 2. The maximum absolute atomic E-state index is 10.3. The SMILES string of the molecule is C[C@@H](Cl)CN(Cc1cc(CN(C[C@@H](C)Cl)C[C@@H](C)Cl)c(O)cc1O)C[C@@H](C)Cl. The number of halogens is 4. The number of benzene rings is 1. The summed E-state index contributed by atoms with van der Waals surface area (Å²) in [7, 11) is 0. The van der Waals surface area contributed by atoms with E-state index in [4.69, 9.17) is 46.4 Å². The zero-order valence-corrected chi connectivity index (χ0v) is 20.0. The molecule has 4 atom stereocenters. The molecule has 28 heavy (non-hydrogen) atoms. The van der Waals surface area contributed by atoms with Gasteiger partial charge in [0.2, 0.25) is 0 Å². The fourth-order valence-electron chi connectivity index (χ4n) is 3.24. The van der Waals surface area contributed by atoms with Gasteiger partial charge in [0.1, 0.15) is 11.5 Å². The van der Waals surface area contributed by atoms with Crippen molar-refractivity contribution >= 4 is 46.4 Å². The van der Waals surface area contributed by atoms with E-state index in [9.17, 15) is 10.2 Å². The quantitative estimate of drug-likeness (QED) is 0.409. The van der Waals surface area contributed by atoms with E-state index in [1.54, 1.807) is 0 Å². The van der Waals surface area contributed by atoms with E-state index in [-0.39, 0.29) is 33.0 Å². The Balaban J connectivity index is 3.05. The largest absolute Gasteiger partial charge is 0.507 e. The number of aromatic hydroxyl groups is 2. The van der Waals surface area contributed by atoms with Gasteiger partial charge in [-0.3, -0.25) is 9.80 Å². The second kappa shape index (κ2) is 12.6. The summed E-state index contributed by atoms with van der Waals surface area (Å²) in [5, 5.41) is 20.5. The summed E-state index contributed by atoms with van der Waals surface area (Å²) in [5.41, 5.74) is 1.44. The molecule has 1 aromatic rings. The van der Waals surface area contributed by atoms with E-state index in [1.807, 2.05) is 33.8 Å². The van der Waals surface area contributed by atoms with Crippen molar-refractivity contribution in [2.75, 3.05) is 26.2 Å². The zero-order chi connectivity index (χ0) is 21.4. The number of rotatable bonds is 12. The Morgan fingerprint density at radius 1 is 0.643 bits per heavy atom. The molecule has 0 aromatic heterocycles. The van der Waals surface area contributed by atoms with E-state index in [2.05, 4.69) is 9.80 Å². The first-order valence-electron chi connectivity index (χ1n) is 9.52. The molecule has 0 radical (unpaired) electrons. The average Bonchev–Trinajstić information content (AvgIpc) is 2.49. The highest BCUT2D eigenvalue weighted by molar-refractivity contribution is 6.21. The Kier molecular flexibility index (Phi) is 11.6. The molecule has 162 valence electrons. The number of phenolic OH excluding ortho intramolecular Hbond substituents is 2. The second-order valence-corrected chi connectivity index (χ2v) is 10.6. The lowest BCUT2D eigenvalue weighted by Gasteiger charge is -2.27. The van der Waals surface area contributed by atoms with E-state index in [0.717, 1.165) is 11.1 Å². The van der Waals surface area contributed by atoms with Crippen molar-refractivity contribution in [3.8, 4) is 11.5 Å². The summed E-state index contributed by atoms with van der Waals surface area (Å²) < 4.78 is 0. The summed E-state index contributed by atoms with van der Waals surface area (Å²) in [6.07, 6.45) is 0. The fourth-order valence-corrected chi connectivity index (χ4v) is 4.02. The lowest BCUT2D eigenvalue weighted by Crippen LogP contribution is -2.33. The van der Waals surface area contributed by atoms with Crippen molar-refractivity contribution in [2.24, 2.45) is 0 Å². The molecule has 0 aliphatic carbocycles. The van der Waals surface area contributed by atoms with Gasteiger partial charge >= 0.3 is 0 Å². The smallest absolute Gasteiger partial charge is 0.123 e. The molecule has 1 aromatic carbocycles. The van der Waals surface area contributed by atoms with Gasteiger partial charge in [-0.15, -0.1) is 46.4 Å². The molecule has 2 N–H and O–H groups in total. The number of alkyl halides is 4. The van der Waals surface area contributed by atoms with Gasteiger partial charge in [-0.25, -0.2) is 0 Å². The van der Waals surface area contributed by atoms with E-state index < -0.39 is 0 Å². The molecular weight excluding hydrogens is 442 g/mol. The third-order valence-corrected chi connectivity index (χ3v) is 4.66. The van der Waals surface area contributed by atoms with E-state index in [1.165, 1.54) is 6.07 Å². The van der Waals surface area contributed by atoms with Crippen LogP contribution in [0.15, 0.2) is 12.1 Å². The van der Waals surface area contributed by atoms with Gasteiger partial charge in [0.15, 0.2) is 0 Å². The van der Waals surface area contributed by atoms with Gasteiger partial charge in [0.25, 0.3) is 0 Å². The molecule has 0 unspecified atom stereocenters. The van der Waals surface area contributed by atoms with Gasteiger partial charge in [-0.1, -0.05) is 0 Å². The van der Waals surface area contributed by atoms with Crippen LogP contribution in [0.25, 0.3) is 0 Å². The Morgan fingerprint density at radius 3 is 1.18 bits per heavy atom. The minimum absolute atomic E-state index is 0.0416. The predicted octanol–water partition coefficient (Wildman–Crippen LogP) is 5.21. The van der Waals surface area contributed by atoms with Crippen LogP contribution in [0.2, 0.25) is 0 Å². The molecule has 1 rings (SSSR count). The summed E-state index contributed by atoms with van der Waals surface area (Å²) >= 11 is 24.7. The topological polar surface area (TPSA) is 46.9 Å². The molecule has 0 fully saturated rings. The molecule has 8 heteroatoms. The number of hydrogen-bond acceptors (Lipinski definition) is 4. The summed E-state index contributed by atoms with van der Waals surface area (Å²) in [4.78, 5) is 4.20. The zero-order valence-electron chi connectivity index (χ0n) is 17.0. The second-order valence-electron chi connectivity index (χ2n) is 7.62. The van der Waals surface area contributed by atoms with Crippen molar-refractivity contribution in [3.05, 3.63) is 23.3 Å². The van der Waals surface area contributed by atoms with Gasteiger partial charge in [0.05, 0.1) is 0 Å². The van der Waals surface area contributed by atoms with Gasteiger partial charge in [0, 0.05) is 78.0 Å². The van der Waals surface area contributed by atoms with Crippen LogP contribution in [-0.2, 0) is 13.1 Å². The summed E-state index contributed by atoms with van der Waals surface area (Å²) in [6, 6.07) is 3.23. The van der Waals surface area contributed by atoms with Crippen LogP contribution in [-0.4, -0.2) is 67.7 Å². The van der Waals surface area contributed by atoms with Crippen molar-refractivity contribution < 1.29 is 10.2 Å². The van der Waals surface area contributed by atoms with Crippen LogP contribution in [0, 0.1) is 0 Å². The Morgan fingerprint density at radius 2 is 0.929 bits per heavy atom. The monoisotopic (exact) mass is 472 g/mol. The molecule has 0 bridgehead atoms. The molecule has 0 saturated heterocycles. The maximum atomic E-state index is 10.3. The van der Waals surface area contributed by atoms with Crippen LogP contribution >= 0.6 is 46.4 Å². The van der Waals surface area contributed by atoms with Crippen molar-refractivity contribution in [1.29, 1.82) is 0 Å². The fraction of sp³-hybridized carbons (Fsp3) is 0.700. The first kappa shape index (κ1) is 25.9. The Bertz CT molecular complexity index is 531. The molecule has 0 aliphatic heterocycles. The molecule has 0 spiro atoms. The minimum Gasteiger partial charge on any atom is -0.507 e. The molecule has 0 heterocycles. The van der Waals surface area contributed by atoms with Crippen molar-refractivity contribution in [2.45, 2.75) is 62.3 Å². The average molecular weight is 474 g/mol. The standard InChI is InChI=1S/C20H32Cl4N2O2/c1-13(21)7-25(8-14(2)22)11-17-5-18(20(28)6-19(17)27)12-26(9-15(3)23)10-16(4)24/h5-6,13-16,27-28H,7-12H2,1-4H3/t13-,14-,15-,16-/m1/s1. The van der Waals surface area contributed by atoms with Crippen LogP contribution in [0.3, 0.4) is 0 Å². The highest BCUT2D eigenvalue weighted by atomic mass is 35.5. The van der Waals surface area contributed by atoms with Gasteiger partial charge in [-0.05, 0) is 33.8 Å². The maximum Gasteiger partial charge on any atom is 0.123 e. The third kappa shape index (κ3) is 10.1. The van der Waals surface area contributed by atoms with Crippen LogP contribution in [0.4, 0.5) is 0 Å². The first-order valence-corrected chi connectivity index (χ1v) is 11.3. The molecule has 0 aliphatic rings. The van der Waals surface area contributed by atoms with Crippen molar-refractivity contribution in [3.63, 3.8) is 0 Å². The highest BCUT2D eigenvalue weighted by Gasteiger charge is 2.18. The summed E-state index contributed by atoms with van der Waals surface area (Å²) in [6.45, 7) is 11.3. The first-order chi connectivity index (χ1) is 13.0. The van der Waals surface area contributed by atoms with Crippen LogP contribution < -0.4 is 0 Å². The van der Waals surface area contributed by atoms with Gasteiger partial charge in [-0.2, -0.15) is 0 Å². The third-order valence-electron chi connectivity index (χ3n) is 4.11. The molecule has 0 amide bonds. The Labute approximate surface area is 189 Å².